The van der Waals surface area contributed by atoms with E-state index in [9.17, 15) is 14.3 Å². The number of nitrogens with two attached hydrogens (primary N) is 2. The molecule has 0 bridgehead atoms. The van der Waals surface area contributed by atoms with Crippen LogP contribution in [-0.2, 0) is 0 Å². The molecule has 7 nitrogen and oxygen atoms in total. The van der Waals surface area contributed by atoms with Crippen molar-refractivity contribution in [2.45, 2.75) is 40.0 Å². The number of halogens is 1. The molecule has 4 rings (SSSR count). The molecule has 146 valence electrons. The fourth-order valence-corrected chi connectivity index (χ4v) is 3.85. The molecule has 1 aromatic carbocycles. The van der Waals surface area contributed by atoms with Crippen LogP contribution in [-0.4, -0.2) is 25.5 Å². The monoisotopic (exact) mass is 383 g/mol. The van der Waals surface area contributed by atoms with Gasteiger partial charge in [0.05, 0.1) is 16.6 Å². The maximum Gasteiger partial charge on any atom is 0.253 e. The number of carbonyl (C=O) groups excluding carboxylic acids is 1. The van der Waals surface area contributed by atoms with Crippen LogP contribution >= 0.6 is 0 Å². The van der Waals surface area contributed by atoms with E-state index in [1.165, 1.54) is 4.57 Å². The SMILES string of the molecule is Cc1c(O)cc(F)c(C)c1-n1c(N)c(C(N)=O)c2cnc(C3CC3(C)C)nc21. The van der Waals surface area contributed by atoms with Gasteiger partial charge in [-0.3, -0.25) is 9.36 Å². The van der Waals surface area contributed by atoms with Crippen LogP contribution in [0.15, 0.2) is 12.3 Å². The van der Waals surface area contributed by atoms with Crippen molar-refractivity contribution in [2.24, 2.45) is 11.1 Å². The van der Waals surface area contributed by atoms with Gasteiger partial charge < -0.3 is 16.6 Å². The zero-order valence-electron chi connectivity index (χ0n) is 16.2. The molecule has 5 N–H and O–H groups in total. The van der Waals surface area contributed by atoms with Crippen LogP contribution < -0.4 is 11.5 Å². The number of primary amides is 1. The number of carbonyl (C=O) groups is 1. The number of anilines is 1. The third-order valence-electron chi connectivity index (χ3n) is 5.78. The summed E-state index contributed by atoms with van der Waals surface area (Å²) in [5.74, 6) is -0.638. The topological polar surface area (TPSA) is 120 Å². The van der Waals surface area contributed by atoms with E-state index in [1.807, 2.05) is 0 Å². The number of hydrogen-bond donors (Lipinski definition) is 3. The van der Waals surface area contributed by atoms with Crippen LogP contribution in [0.5, 0.6) is 5.75 Å². The van der Waals surface area contributed by atoms with Crippen LogP contribution in [0.25, 0.3) is 16.7 Å². The summed E-state index contributed by atoms with van der Waals surface area (Å²) in [6.07, 6.45) is 2.50. The van der Waals surface area contributed by atoms with Crippen molar-refractivity contribution in [3.63, 3.8) is 0 Å². The van der Waals surface area contributed by atoms with Crippen LogP contribution in [0, 0.1) is 25.1 Å². The molecule has 0 aliphatic heterocycles. The summed E-state index contributed by atoms with van der Waals surface area (Å²) in [6.45, 7) is 7.50. The Morgan fingerprint density at radius 3 is 2.57 bits per heavy atom. The Morgan fingerprint density at radius 1 is 1.36 bits per heavy atom. The number of aromatic hydroxyl groups is 1. The second-order valence-corrected chi connectivity index (χ2v) is 8.15. The standard InChI is InChI=1S/C20H22FN5O2/c1-8-12(21)5-13(27)9(2)15(8)26-16(22)14(17(23)28)10-7-24-18(25-19(10)26)11-6-20(11,3)4/h5,7,11,27H,6,22H2,1-4H3,(H2,23,28). The van der Waals surface area contributed by atoms with Gasteiger partial charge in [-0.25, -0.2) is 14.4 Å². The first-order valence-corrected chi connectivity index (χ1v) is 9.00. The summed E-state index contributed by atoms with van der Waals surface area (Å²) in [7, 11) is 0. The number of aromatic nitrogens is 3. The molecule has 3 aromatic rings. The summed E-state index contributed by atoms with van der Waals surface area (Å²) in [6, 6.07) is 1.05. The Balaban J connectivity index is 2.10. The Bertz CT molecular complexity index is 1140. The summed E-state index contributed by atoms with van der Waals surface area (Å²) in [5.41, 5.74) is 13.4. The molecule has 28 heavy (non-hydrogen) atoms. The molecular weight excluding hydrogens is 361 g/mol. The summed E-state index contributed by atoms with van der Waals surface area (Å²) in [4.78, 5) is 21.2. The third-order valence-corrected chi connectivity index (χ3v) is 5.78. The molecule has 0 spiro atoms. The van der Waals surface area contributed by atoms with Crippen LogP contribution in [0.2, 0.25) is 0 Å². The minimum absolute atomic E-state index is 0.0419. The molecule has 1 aliphatic rings. The number of nitrogen functional groups attached to an aromatic ring is 1. The van der Waals surface area contributed by atoms with Crippen LogP contribution in [0.1, 0.15) is 53.5 Å². The van der Waals surface area contributed by atoms with Crippen molar-refractivity contribution in [3.05, 3.63) is 40.6 Å². The van der Waals surface area contributed by atoms with Gasteiger partial charge in [-0.1, -0.05) is 13.8 Å². The molecule has 0 saturated heterocycles. The lowest BCUT2D eigenvalue weighted by atomic mass is 10.1. The first kappa shape index (κ1) is 18.2. The molecule has 8 heteroatoms. The fraction of sp³-hybridized carbons (Fsp3) is 0.350. The number of rotatable bonds is 3. The highest BCUT2D eigenvalue weighted by Gasteiger charge is 2.48. The van der Waals surface area contributed by atoms with Gasteiger partial charge in [0.15, 0.2) is 5.65 Å². The van der Waals surface area contributed by atoms with Gasteiger partial charge >= 0.3 is 0 Å². The van der Waals surface area contributed by atoms with E-state index in [-0.39, 0.29) is 34.0 Å². The second kappa shape index (κ2) is 5.67. The van der Waals surface area contributed by atoms with Crippen molar-refractivity contribution in [1.29, 1.82) is 0 Å². The zero-order valence-corrected chi connectivity index (χ0v) is 16.2. The van der Waals surface area contributed by atoms with E-state index in [1.54, 1.807) is 20.0 Å². The van der Waals surface area contributed by atoms with Crippen molar-refractivity contribution in [1.82, 2.24) is 14.5 Å². The average molecular weight is 383 g/mol. The van der Waals surface area contributed by atoms with E-state index in [4.69, 9.17) is 11.5 Å². The highest BCUT2D eigenvalue weighted by molar-refractivity contribution is 6.10. The molecule has 1 unspecified atom stereocenters. The van der Waals surface area contributed by atoms with E-state index in [0.717, 1.165) is 12.5 Å². The molecule has 1 saturated carbocycles. The van der Waals surface area contributed by atoms with Gasteiger partial charge in [0.1, 0.15) is 23.2 Å². The van der Waals surface area contributed by atoms with E-state index in [2.05, 4.69) is 23.8 Å². The molecule has 1 aliphatic carbocycles. The Morgan fingerprint density at radius 2 is 2.00 bits per heavy atom. The maximum atomic E-state index is 14.4. The number of phenolic OH excluding ortho intramolecular Hbond substituents is 1. The molecule has 2 heterocycles. The molecule has 0 radical (unpaired) electrons. The zero-order chi connectivity index (χ0) is 20.5. The number of hydrogen-bond acceptors (Lipinski definition) is 5. The largest absolute Gasteiger partial charge is 0.507 e. The number of benzene rings is 1. The Kier molecular flexibility index (Phi) is 3.69. The lowest BCUT2D eigenvalue weighted by Gasteiger charge is -2.16. The minimum Gasteiger partial charge on any atom is -0.507 e. The van der Waals surface area contributed by atoms with Crippen molar-refractivity contribution in [3.8, 4) is 11.4 Å². The second-order valence-electron chi connectivity index (χ2n) is 8.15. The van der Waals surface area contributed by atoms with Gasteiger partial charge in [0.25, 0.3) is 5.91 Å². The molecular formula is C20H22FN5O2. The first-order valence-electron chi connectivity index (χ1n) is 9.00. The molecule has 1 amide bonds. The number of nitrogens with zero attached hydrogens (tertiary/aromatic N) is 3. The average Bonchev–Trinajstić information content (AvgIpc) is 3.15. The van der Waals surface area contributed by atoms with Crippen molar-refractivity contribution >= 4 is 22.8 Å². The molecule has 2 aromatic heterocycles. The summed E-state index contributed by atoms with van der Waals surface area (Å²) in [5, 5.41) is 10.5. The quantitative estimate of drug-likeness (QED) is 0.642. The smallest absolute Gasteiger partial charge is 0.253 e. The molecule has 1 fully saturated rings. The van der Waals surface area contributed by atoms with Gasteiger partial charge in [-0.05, 0) is 25.7 Å². The Labute approximate surface area is 161 Å². The lowest BCUT2D eigenvalue weighted by Crippen LogP contribution is -2.14. The predicted octanol–water partition coefficient (Wildman–Crippen LogP) is 3.08. The van der Waals surface area contributed by atoms with E-state index < -0.39 is 11.7 Å². The van der Waals surface area contributed by atoms with Gasteiger partial charge in [0, 0.05) is 29.3 Å². The third kappa shape index (κ3) is 2.44. The molecule has 1 atom stereocenters. The maximum absolute atomic E-state index is 14.4. The van der Waals surface area contributed by atoms with Gasteiger partial charge in [0.2, 0.25) is 0 Å². The van der Waals surface area contributed by atoms with Crippen LogP contribution in [0.4, 0.5) is 10.2 Å². The fourth-order valence-electron chi connectivity index (χ4n) is 3.85. The summed E-state index contributed by atoms with van der Waals surface area (Å²) < 4.78 is 15.9. The minimum atomic E-state index is -0.722. The number of fused-ring (bicyclic) bond motifs is 1. The van der Waals surface area contributed by atoms with Gasteiger partial charge in [-0.2, -0.15) is 0 Å². The lowest BCUT2D eigenvalue weighted by molar-refractivity contribution is 0.100. The highest BCUT2D eigenvalue weighted by Crippen LogP contribution is 2.57. The highest BCUT2D eigenvalue weighted by atomic mass is 19.1. The first-order chi connectivity index (χ1) is 13.0. The van der Waals surface area contributed by atoms with Gasteiger partial charge in [-0.15, -0.1) is 0 Å². The number of amides is 1. The number of phenols is 1. The Hall–Kier alpha value is -3.16. The summed E-state index contributed by atoms with van der Waals surface area (Å²) >= 11 is 0. The van der Waals surface area contributed by atoms with Crippen molar-refractivity contribution < 1.29 is 14.3 Å². The predicted molar refractivity (Wildman–Crippen MR) is 104 cm³/mol. The van der Waals surface area contributed by atoms with E-state index in [0.29, 0.717) is 28.1 Å². The van der Waals surface area contributed by atoms with Crippen LogP contribution in [0.3, 0.4) is 0 Å². The van der Waals surface area contributed by atoms with Crippen molar-refractivity contribution in [2.75, 3.05) is 5.73 Å². The van der Waals surface area contributed by atoms with E-state index >= 15 is 0 Å². The normalized spacial score (nSPS) is 17.8.